The number of hydrogen-bond acceptors (Lipinski definition) is 3. The SMILES string of the molecule is N#Cc1cc(NC2CCCCC2C#N)ccc1F. The Bertz CT molecular complexity index is 513. The molecule has 1 aromatic carbocycles. The summed E-state index contributed by atoms with van der Waals surface area (Å²) in [5.74, 6) is -0.516. The Balaban J connectivity index is 2.14. The fraction of sp³-hybridized carbons (Fsp3) is 0.429. The number of rotatable bonds is 2. The predicted molar refractivity (Wildman–Crippen MR) is 66.1 cm³/mol. The van der Waals surface area contributed by atoms with Gasteiger partial charge in [0.15, 0.2) is 0 Å². The van der Waals surface area contributed by atoms with Gasteiger partial charge >= 0.3 is 0 Å². The van der Waals surface area contributed by atoms with E-state index in [1.54, 1.807) is 6.07 Å². The first-order valence-corrected chi connectivity index (χ1v) is 6.10. The van der Waals surface area contributed by atoms with Crippen LogP contribution in [0.5, 0.6) is 0 Å². The average molecular weight is 243 g/mol. The fourth-order valence-corrected chi connectivity index (χ4v) is 2.37. The summed E-state index contributed by atoms with van der Waals surface area (Å²) in [6.45, 7) is 0. The van der Waals surface area contributed by atoms with E-state index in [0.717, 1.165) is 25.7 Å². The molecule has 0 heterocycles. The van der Waals surface area contributed by atoms with Gasteiger partial charge in [-0.15, -0.1) is 0 Å². The molecule has 1 fully saturated rings. The highest BCUT2D eigenvalue weighted by molar-refractivity contribution is 5.50. The van der Waals surface area contributed by atoms with Gasteiger partial charge < -0.3 is 5.32 Å². The second-order valence-corrected chi connectivity index (χ2v) is 4.58. The average Bonchev–Trinajstić information content (AvgIpc) is 2.41. The van der Waals surface area contributed by atoms with Crippen molar-refractivity contribution in [3.63, 3.8) is 0 Å². The zero-order valence-electron chi connectivity index (χ0n) is 9.99. The maximum absolute atomic E-state index is 13.2. The number of nitrogens with one attached hydrogen (secondary N) is 1. The molecular weight excluding hydrogens is 229 g/mol. The van der Waals surface area contributed by atoms with Crippen molar-refractivity contribution in [1.82, 2.24) is 0 Å². The second-order valence-electron chi connectivity index (χ2n) is 4.58. The standard InChI is InChI=1S/C14H14FN3/c15-13-6-5-12(7-11(13)9-17)18-14-4-2-1-3-10(14)8-16/h5-7,10,14,18H,1-4H2. The Kier molecular flexibility index (Phi) is 3.79. The molecule has 3 nitrogen and oxygen atoms in total. The normalized spacial score (nSPS) is 22.8. The molecule has 0 aliphatic heterocycles. The van der Waals surface area contributed by atoms with Crippen molar-refractivity contribution >= 4 is 5.69 Å². The summed E-state index contributed by atoms with van der Waals surface area (Å²) in [4.78, 5) is 0. The molecular formula is C14H14FN3. The van der Waals surface area contributed by atoms with Crippen LogP contribution in [0.4, 0.5) is 10.1 Å². The largest absolute Gasteiger partial charge is 0.381 e. The Labute approximate surface area is 106 Å². The first-order valence-electron chi connectivity index (χ1n) is 6.10. The van der Waals surface area contributed by atoms with Gasteiger partial charge in [0.05, 0.1) is 17.6 Å². The highest BCUT2D eigenvalue weighted by atomic mass is 19.1. The zero-order chi connectivity index (χ0) is 13.0. The summed E-state index contributed by atoms with van der Waals surface area (Å²) in [5.41, 5.74) is 0.740. The molecule has 1 N–H and O–H groups in total. The number of benzene rings is 1. The third-order valence-corrected chi connectivity index (χ3v) is 3.37. The number of hydrogen-bond donors (Lipinski definition) is 1. The van der Waals surface area contributed by atoms with E-state index in [9.17, 15) is 4.39 Å². The molecule has 1 aliphatic rings. The van der Waals surface area contributed by atoms with Gasteiger partial charge in [0.25, 0.3) is 0 Å². The quantitative estimate of drug-likeness (QED) is 0.867. The van der Waals surface area contributed by atoms with Crippen LogP contribution in [-0.2, 0) is 0 Å². The third kappa shape index (κ3) is 2.60. The van der Waals surface area contributed by atoms with E-state index in [4.69, 9.17) is 10.5 Å². The Morgan fingerprint density at radius 2 is 2.00 bits per heavy atom. The zero-order valence-corrected chi connectivity index (χ0v) is 9.99. The van der Waals surface area contributed by atoms with Crippen LogP contribution in [0.3, 0.4) is 0 Å². The lowest BCUT2D eigenvalue weighted by atomic mass is 9.85. The highest BCUT2D eigenvalue weighted by Gasteiger charge is 2.24. The lowest BCUT2D eigenvalue weighted by molar-refractivity contribution is 0.389. The van der Waals surface area contributed by atoms with Crippen molar-refractivity contribution in [3.8, 4) is 12.1 Å². The maximum atomic E-state index is 13.2. The van der Waals surface area contributed by atoms with Crippen molar-refractivity contribution < 1.29 is 4.39 Å². The monoisotopic (exact) mass is 243 g/mol. The number of halogens is 1. The van der Waals surface area contributed by atoms with E-state index < -0.39 is 5.82 Å². The van der Waals surface area contributed by atoms with Gasteiger partial charge in [-0.2, -0.15) is 10.5 Å². The van der Waals surface area contributed by atoms with Crippen LogP contribution < -0.4 is 5.32 Å². The molecule has 18 heavy (non-hydrogen) atoms. The van der Waals surface area contributed by atoms with E-state index in [1.165, 1.54) is 12.1 Å². The minimum atomic E-state index is -0.511. The number of anilines is 1. The van der Waals surface area contributed by atoms with Crippen LogP contribution in [0.25, 0.3) is 0 Å². The van der Waals surface area contributed by atoms with Crippen LogP contribution in [0.1, 0.15) is 31.2 Å². The van der Waals surface area contributed by atoms with E-state index >= 15 is 0 Å². The summed E-state index contributed by atoms with van der Waals surface area (Å²) in [6, 6.07) is 8.62. The Hall–Kier alpha value is -2.07. The van der Waals surface area contributed by atoms with Crippen LogP contribution in [-0.4, -0.2) is 6.04 Å². The molecule has 2 unspecified atom stereocenters. The molecule has 0 saturated heterocycles. The predicted octanol–water partition coefficient (Wildman–Crippen LogP) is 3.19. The molecule has 1 aromatic rings. The number of nitrogens with zero attached hydrogens (tertiary/aromatic N) is 2. The van der Waals surface area contributed by atoms with Gasteiger partial charge in [0.1, 0.15) is 11.9 Å². The van der Waals surface area contributed by atoms with E-state index in [-0.39, 0.29) is 17.5 Å². The Morgan fingerprint density at radius 3 is 2.72 bits per heavy atom. The van der Waals surface area contributed by atoms with Crippen molar-refractivity contribution in [2.24, 2.45) is 5.92 Å². The molecule has 1 aliphatic carbocycles. The summed E-state index contributed by atoms with van der Waals surface area (Å²) >= 11 is 0. The lowest BCUT2D eigenvalue weighted by Gasteiger charge is -2.28. The van der Waals surface area contributed by atoms with Crippen molar-refractivity contribution in [2.45, 2.75) is 31.7 Å². The molecule has 0 aromatic heterocycles. The van der Waals surface area contributed by atoms with Crippen molar-refractivity contribution in [1.29, 1.82) is 10.5 Å². The summed E-state index contributed by atoms with van der Waals surface area (Å²) < 4.78 is 13.2. The van der Waals surface area contributed by atoms with Gasteiger partial charge in [-0.3, -0.25) is 0 Å². The molecule has 0 radical (unpaired) electrons. The lowest BCUT2D eigenvalue weighted by Crippen LogP contribution is -2.31. The van der Waals surface area contributed by atoms with E-state index in [2.05, 4.69) is 11.4 Å². The van der Waals surface area contributed by atoms with Crippen LogP contribution in [0, 0.1) is 34.4 Å². The minimum absolute atomic E-state index is 0.00524. The van der Waals surface area contributed by atoms with Gasteiger partial charge in [-0.05, 0) is 31.0 Å². The van der Waals surface area contributed by atoms with Crippen LogP contribution in [0.2, 0.25) is 0 Å². The van der Waals surface area contributed by atoms with Crippen LogP contribution >= 0.6 is 0 Å². The smallest absolute Gasteiger partial charge is 0.141 e. The summed E-state index contributed by atoms with van der Waals surface area (Å²) in [5, 5.41) is 21.1. The maximum Gasteiger partial charge on any atom is 0.141 e. The summed E-state index contributed by atoms with van der Waals surface area (Å²) in [7, 11) is 0. The molecule has 0 bridgehead atoms. The fourth-order valence-electron chi connectivity index (χ4n) is 2.37. The Morgan fingerprint density at radius 1 is 1.22 bits per heavy atom. The van der Waals surface area contributed by atoms with Crippen molar-refractivity contribution in [3.05, 3.63) is 29.6 Å². The molecule has 4 heteroatoms. The topological polar surface area (TPSA) is 59.6 Å². The molecule has 0 spiro atoms. The van der Waals surface area contributed by atoms with Gasteiger partial charge in [0.2, 0.25) is 0 Å². The third-order valence-electron chi connectivity index (χ3n) is 3.37. The van der Waals surface area contributed by atoms with E-state index in [0.29, 0.717) is 5.69 Å². The first kappa shape index (κ1) is 12.4. The van der Waals surface area contributed by atoms with Crippen LogP contribution in [0.15, 0.2) is 18.2 Å². The van der Waals surface area contributed by atoms with E-state index in [1.807, 2.05) is 6.07 Å². The first-order chi connectivity index (χ1) is 8.74. The molecule has 2 rings (SSSR count). The van der Waals surface area contributed by atoms with Crippen molar-refractivity contribution in [2.75, 3.05) is 5.32 Å². The molecule has 1 saturated carbocycles. The van der Waals surface area contributed by atoms with Gasteiger partial charge in [-0.25, -0.2) is 4.39 Å². The van der Waals surface area contributed by atoms with Gasteiger partial charge in [0, 0.05) is 11.7 Å². The molecule has 2 atom stereocenters. The number of nitriles is 2. The summed E-state index contributed by atoms with van der Waals surface area (Å²) in [6.07, 6.45) is 4.03. The van der Waals surface area contributed by atoms with Gasteiger partial charge in [-0.1, -0.05) is 12.8 Å². The second kappa shape index (κ2) is 5.51. The molecule has 92 valence electrons. The minimum Gasteiger partial charge on any atom is -0.381 e. The molecule has 0 amide bonds. The highest BCUT2D eigenvalue weighted by Crippen LogP contribution is 2.27.